The summed E-state index contributed by atoms with van der Waals surface area (Å²) in [5.74, 6) is -0.564. The average Bonchev–Trinajstić information content (AvgIpc) is 2.91. The Labute approximate surface area is 126 Å². The second-order valence-corrected chi connectivity index (χ2v) is 6.73. The molecule has 0 saturated carbocycles. The zero-order chi connectivity index (χ0) is 15.9. The van der Waals surface area contributed by atoms with Crippen LogP contribution in [-0.2, 0) is 16.4 Å². The van der Waals surface area contributed by atoms with E-state index in [2.05, 4.69) is 0 Å². The van der Waals surface area contributed by atoms with Gasteiger partial charge in [0.2, 0.25) is 0 Å². The van der Waals surface area contributed by atoms with Gasteiger partial charge in [0.1, 0.15) is 0 Å². The minimum Gasteiger partial charge on any atom is -0.502 e. The van der Waals surface area contributed by atoms with Crippen molar-refractivity contribution in [3.05, 3.63) is 58.1 Å². The smallest absolute Gasteiger partial charge is 0.312 e. The summed E-state index contributed by atoms with van der Waals surface area (Å²) >= 11 is 0. The largest absolute Gasteiger partial charge is 0.502 e. The van der Waals surface area contributed by atoms with Crippen LogP contribution >= 0.6 is 0 Å². The van der Waals surface area contributed by atoms with Crippen LogP contribution in [0.5, 0.6) is 5.75 Å². The van der Waals surface area contributed by atoms with Crippen LogP contribution in [-0.4, -0.2) is 25.0 Å². The molecule has 22 heavy (non-hydrogen) atoms. The maximum absolute atomic E-state index is 12.7. The molecule has 0 amide bonds. The summed E-state index contributed by atoms with van der Waals surface area (Å²) in [6.07, 6.45) is 0.593. The Balaban J connectivity index is 2.09. The molecule has 0 fully saturated rings. The minimum atomic E-state index is -3.91. The van der Waals surface area contributed by atoms with Gasteiger partial charge < -0.3 is 5.11 Å². The first-order chi connectivity index (χ1) is 10.4. The van der Waals surface area contributed by atoms with Crippen LogP contribution in [0.2, 0.25) is 0 Å². The summed E-state index contributed by atoms with van der Waals surface area (Å²) in [4.78, 5) is 9.83. The van der Waals surface area contributed by atoms with Gasteiger partial charge in [0, 0.05) is 12.6 Å². The van der Waals surface area contributed by atoms with Gasteiger partial charge in [-0.3, -0.25) is 14.4 Å². The van der Waals surface area contributed by atoms with Crippen molar-refractivity contribution in [2.75, 3.05) is 10.8 Å². The topological polar surface area (TPSA) is 101 Å². The number of benzene rings is 2. The fourth-order valence-corrected chi connectivity index (χ4v) is 4.02. The first-order valence-electron chi connectivity index (χ1n) is 6.49. The molecule has 0 aromatic heterocycles. The quantitative estimate of drug-likeness (QED) is 0.689. The van der Waals surface area contributed by atoms with Crippen molar-refractivity contribution < 1.29 is 18.4 Å². The van der Waals surface area contributed by atoms with E-state index in [9.17, 15) is 23.6 Å². The molecular formula is C14H12N2O5S. The third-order valence-corrected chi connectivity index (χ3v) is 5.39. The summed E-state index contributed by atoms with van der Waals surface area (Å²) < 4.78 is 26.6. The van der Waals surface area contributed by atoms with Crippen LogP contribution in [0.3, 0.4) is 0 Å². The standard InChI is InChI=1S/C14H12N2O5S/c17-14-6-5-11(9-13(14)16(18)19)22(20,21)15-8-7-10-3-1-2-4-12(10)15/h1-6,9,17H,7-8H2. The number of hydrogen-bond acceptors (Lipinski definition) is 5. The molecule has 3 rings (SSSR count). The summed E-state index contributed by atoms with van der Waals surface area (Å²) in [6, 6.07) is 10.2. The van der Waals surface area contributed by atoms with Gasteiger partial charge in [-0.2, -0.15) is 0 Å². The number of fused-ring (bicyclic) bond motifs is 1. The molecule has 0 saturated heterocycles. The zero-order valence-corrected chi connectivity index (χ0v) is 12.2. The molecule has 0 spiro atoms. The molecule has 0 radical (unpaired) electrons. The van der Waals surface area contributed by atoms with Crippen molar-refractivity contribution in [1.29, 1.82) is 0 Å². The summed E-state index contributed by atoms with van der Waals surface area (Å²) in [5.41, 5.74) is 0.867. The van der Waals surface area contributed by atoms with Gasteiger partial charge in [-0.15, -0.1) is 0 Å². The Morgan fingerprint density at radius 1 is 1.18 bits per heavy atom. The molecule has 1 heterocycles. The van der Waals surface area contributed by atoms with Gasteiger partial charge in [0.15, 0.2) is 5.75 Å². The maximum Gasteiger partial charge on any atom is 0.312 e. The van der Waals surface area contributed by atoms with Crippen LogP contribution < -0.4 is 4.31 Å². The molecule has 8 heteroatoms. The van der Waals surface area contributed by atoms with E-state index >= 15 is 0 Å². The van der Waals surface area contributed by atoms with E-state index in [-0.39, 0.29) is 11.4 Å². The molecule has 1 aliphatic rings. The van der Waals surface area contributed by atoms with E-state index in [1.54, 1.807) is 12.1 Å². The van der Waals surface area contributed by atoms with Gasteiger partial charge in [0.25, 0.3) is 10.0 Å². The number of para-hydroxylation sites is 1. The molecule has 0 unspecified atom stereocenters. The highest BCUT2D eigenvalue weighted by molar-refractivity contribution is 7.92. The molecule has 2 aromatic rings. The van der Waals surface area contributed by atoms with Gasteiger partial charge in [-0.05, 0) is 30.2 Å². The van der Waals surface area contributed by atoms with Gasteiger partial charge in [-0.1, -0.05) is 18.2 Å². The summed E-state index contributed by atoms with van der Waals surface area (Å²) in [5, 5.41) is 20.3. The predicted molar refractivity (Wildman–Crippen MR) is 79.4 cm³/mol. The molecule has 0 atom stereocenters. The molecular weight excluding hydrogens is 308 g/mol. The fraction of sp³-hybridized carbons (Fsp3) is 0.143. The van der Waals surface area contributed by atoms with Crippen molar-refractivity contribution in [2.24, 2.45) is 0 Å². The number of nitro benzene ring substituents is 1. The number of anilines is 1. The van der Waals surface area contributed by atoms with E-state index in [0.717, 1.165) is 17.7 Å². The van der Waals surface area contributed by atoms with E-state index in [1.165, 1.54) is 10.4 Å². The summed E-state index contributed by atoms with van der Waals surface area (Å²) in [7, 11) is -3.91. The Morgan fingerprint density at radius 2 is 1.91 bits per heavy atom. The van der Waals surface area contributed by atoms with Crippen LogP contribution in [0.15, 0.2) is 47.4 Å². The van der Waals surface area contributed by atoms with Crippen molar-refractivity contribution in [2.45, 2.75) is 11.3 Å². The second kappa shape index (κ2) is 4.99. The van der Waals surface area contributed by atoms with Crippen LogP contribution in [0.4, 0.5) is 11.4 Å². The van der Waals surface area contributed by atoms with Gasteiger partial charge in [0.05, 0.1) is 15.5 Å². The minimum absolute atomic E-state index is 0.214. The Kier molecular flexibility index (Phi) is 3.25. The molecule has 1 aliphatic heterocycles. The first-order valence-corrected chi connectivity index (χ1v) is 7.93. The van der Waals surface area contributed by atoms with Crippen molar-refractivity contribution in [3.8, 4) is 5.75 Å². The molecule has 0 aliphatic carbocycles. The number of rotatable bonds is 3. The summed E-state index contributed by atoms with van der Waals surface area (Å²) in [6.45, 7) is 0.288. The van der Waals surface area contributed by atoms with E-state index < -0.39 is 26.4 Å². The number of nitro groups is 1. The lowest BCUT2D eigenvalue weighted by atomic mass is 10.2. The van der Waals surface area contributed by atoms with Gasteiger partial charge >= 0.3 is 5.69 Å². The van der Waals surface area contributed by atoms with Crippen LogP contribution in [0.1, 0.15) is 5.56 Å². The van der Waals surface area contributed by atoms with E-state index in [4.69, 9.17) is 0 Å². The third-order valence-electron chi connectivity index (χ3n) is 3.58. The van der Waals surface area contributed by atoms with E-state index in [0.29, 0.717) is 12.1 Å². The van der Waals surface area contributed by atoms with Gasteiger partial charge in [-0.25, -0.2) is 8.42 Å². The lowest BCUT2D eigenvalue weighted by molar-refractivity contribution is -0.386. The lowest BCUT2D eigenvalue weighted by Gasteiger charge is -2.19. The zero-order valence-electron chi connectivity index (χ0n) is 11.3. The van der Waals surface area contributed by atoms with E-state index in [1.807, 2.05) is 12.1 Å². The van der Waals surface area contributed by atoms with Crippen molar-refractivity contribution in [1.82, 2.24) is 0 Å². The number of aromatic hydroxyl groups is 1. The normalized spacial score (nSPS) is 13.9. The molecule has 7 nitrogen and oxygen atoms in total. The fourth-order valence-electron chi connectivity index (χ4n) is 2.49. The third kappa shape index (κ3) is 2.17. The average molecular weight is 320 g/mol. The molecule has 114 valence electrons. The predicted octanol–water partition coefficient (Wildman–Crippen LogP) is 2.05. The monoisotopic (exact) mass is 320 g/mol. The highest BCUT2D eigenvalue weighted by atomic mass is 32.2. The number of hydrogen-bond donors (Lipinski definition) is 1. The highest BCUT2D eigenvalue weighted by Gasteiger charge is 2.32. The Morgan fingerprint density at radius 3 is 2.64 bits per heavy atom. The Bertz CT molecular complexity index is 863. The number of nitrogens with zero attached hydrogens (tertiary/aromatic N) is 2. The number of phenolic OH excluding ortho intramolecular Hbond substituents is 1. The van der Waals surface area contributed by atoms with Crippen LogP contribution in [0.25, 0.3) is 0 Å². The van der Waals surface area contributed by atoms with Crippen molar-refractivity contribution in [3.63, 3.8) is 0 Å². The number of phenols is 1. The number of sulfonamides is 1. The molecule has 1 N–H and O–H groups in total. The molecule has 2 aromatic carbocycles. The lowest BCUT2D eigenvalue weighted by Crippen LogP contribution is -2.29. The van der Waals surface area contributed by atoms with Crippen molar-refractivity contribution >= 4 is 21.4 Å². The van der Waals surface area contributed by atoms with Crippen LogP contribution in [0, 0.1) is 10.1 Å². The highest BCUT2D eigenvalue weighted by Crippen LogP contribution is 2.35. The SMILES string of the molecule is O=[N+]([O-])c1cc(S(=O)(=O)N2CCc3ccccc32)ccc1O. The Hall–Kier alpha value is -2.61. The molecule has 0 bridgehead atoms. The second-order valence-electron chi connectivity index (χ2n) is 4.86. The maximum atomic E-state index is 12.7. The first kappa shape index (κ1) is 14.3.